The van der Waals surface area contributed by atoms with Crippen molar-refractivity contribution in [3.05, 3.63) is 29.8 Å². The van der Waals surface area contributed by atoms with Crippen LogP contribution in [0.4, 0.5) is 0 Å². The topological polar surface area (TPSA) is 29.3 Å². The number of hydrogen-bond donors (Lipinski definition) is 1. The molecule has 3 rings (SSSR count). The molecule has 2 N–H and O–H groups in total. The summed E-state index contributed by atoms with van der Waals surface area (Å²) in [5, 5.41) is 0.721. The maximum absolute atomic E-state index is 5.74. The Bertz CT molecular complexity index is 442. The molecule has 0 bridgehead atoms. The van der Waals surface area contributed by atoms with Crippen molar-refractivity contribution in [2.75, 3.05) is 19.6 Å². The Morgan fingerprint density at radius 2 is 2.05 bits per heavy atom. The van der Waals surface area contributed by atoms with Crippen LogP contribution in [0.2, 0.25) is 0 Å². The van der Waals surface area contributed by atoms with E-state index in [0.29, 0.717) is 10.9 Å². The zero-order chi connectivity index (χ0) is 13.2. The van der Waals surface area contributed by atoms with Gasteiger partial charge in [-0.2, -0.15) is 0 Å². The highest BCUT2D eigenvalue weighted by Gasteiger charge is 2.27. The van der Waals surface area contributed by atoms with Crippen LogP contribution in [0.1, 0.15) is 18.4 Å². The second-order valence-electron chi connectivity index (χ2n) is 5.53. The molecule has 2 heterocycles. The van der Waals surface area contributed by atoms with Gasteiger partial charge in [-0.25, -0.2) is 0 Å². The lowest BCUT2D eigenvalue weighted by molar-refractivity contribution is 0.211. The fourth-order valence-electron chi connectivity index (χ4n) is 3.04. The van der Waals surface area contributed by atoms with E-state index in [1.165, 1.54) is 23.4 Å². The largest absolute Gasteiger partial charge is 0.393 e. The molecule has 0 radical (unpaired) electrons. The predicted octanol–water partition coefficient (Wildman–Crippen LogP) is 2.70. The number of hydrogen-bond acceptors (Lipinski definition) is 3. The van der Waals surface area contributed by atoms with Gasteiger partial charge in [0.15, 0.2) is 0 Å². The van der Waals surface area contributed by atoms with E-state index < -0.39 is 0 Å². The van der Waals surface area contributed by atoms with Crippen molar-refractivity contribution in [3.63, 3.8) is 0 Å². The van der Waals surface area contributed by atoms with E-state index in [-0.39, 0.29) is 0 Å². The lowest BCUT2D eigenvalue weighted by Gasteiger charge is -2.32. The Balaban J connectivity index is 1.51. The number of likely N-dealkylation sites (tertiary alicyclic amines) is 1. The van der Waals surface area contributed by atoms with Crippen molar-refractivity contribution in [3.8, 4) is 0 Å². The number of thioether (sulfide) groups is 1. The van der Waals surface area contributed by atoms with E-state index in [2.05, 4.69) is 29.2 Å². The van der Waals surface area contributed by atoms with Crippen molar-refractivity contribution >= 4 is 29.0 Å². The first-order valence-corrected chi connectivity index (χ1v) is 8.27. The van der Waals surface area contributed by atoms with Crippen molar-refractivity contribution < 1.29 is 0 Å². The van der Waals surface area contributed by atoms with Gasteiger partial charge in [-0.1, -0.05) is 30.4 Å². The summed E-state index contributed by atoms with van der Waals surface area (Å²) >= 11 is 7.14. The molecule has 1 atom stereocenters. The van der Waals surface area contributed by atoms with Gasteiger partial charge in [0.25, 0.3) is 0 Å². The van der Waals surface area contributed by atoms with Crippen LogP contribution in [0.25, 0.3) is 0 Å². The van der Waals surface area contributed by atoms with Gasteiger partial charge in [-0.15, -0.1) is 11.8 Å². The maximum Gasteiger partial charge on any atom is 0.0759 e. The molecule has 0 saturated carbocycles. The highest BCUT2D eigenvalue weighted by Crippen LogP contribution is 2.37. The van der Waals surface area contributed by atoms with Gasteiger partial charge in [-0.3, -0.25) is 0 Å². The quantitative estimate of drug-likeness (QED) is 0.868. The Kier molecular flexibility index (Phi) is 4.10. The third-order valence-electron chi connectivity index (χ3n) is 4.17. The number of rotatable bonds is 3. The molecule has 0 aliphatic carbocycles. The number of piperidine rings is 1. The normalized spacial score (nSPS) is 24.3. The van der Waals surface area contributed by atoms with Crippen LogP contribution in [-0.2, 0) is 6.42 Å². The zero-order valence-corrected chi connectivity index (χ0v) is 12.7. The summed E-state index contributed by atoms with van der Waals surface area (Å²) in [5.74, 6) is 0.472. The van der Waals surface area contributed by atoms with Gasteiger partial charge >= 0.3 is 0 Å². The molecular weight excluding hydrogens is 272 g/mol. The van der Waals surface area contributed by atoms with Gasteiger partial charge in [-0.05, 0) is 44.0 Å². The van der Waals surface area contributed by atoms with Crippen LogP contribution in [0, 0.1) is 5.92 Å². The highest BCUT2D eigenvalue weighted by molar-refractivity contribution is 8.00. The Morgan fingerprint density at radius 1 is 1.32 bits per heavy atom. The van der Waals surface area contributed by atoms with E-state index >= 15 is 0 Å². The molecule has 0 amide bonds. The average Bonchev–Trinajstić information content (AvgIpc) is 2.81. The van der Waals surface area contributed by atoms with Gasteiger partial charge in [0.1, 0.15) is 0 Å². The Hall–Kier alpha value is -0.580. The Labute approximate surface area is 124 Å². The van der Waals surface area contributed by atoms with Gasteiger partial charge < -0.3 is 10.6 Å². The second kappa shape index (κ2) is 5.81. The smallest absolute Gasteiger partial charge is 0.0759 e. The van der Waals surface area contributed by atoms with Gasteiger partial charge in [0.05, 0.1) is 4.99 Å². The van der Waals surface area contributed by atoms with Crippen molar-refractivity contribution in [2.24, 2.45) is 11.7 Å². The van der Waals surface area contributed by atoms with Crippen LogP contribution in [-0.4, -0.2) is 34.8 Å². The molecule has 2 aliphatic rings. The minimum absolute atomic E-state index is 0.472. The summed E-state index contributed by atoms with van der Waals surface area (Å²) in [7, 11) is 0. The van der Waals surface area contributed by atoms with Crippen LogP contribution in [0.5, 0.6) is 0 Å². The lowest BCUT2D eigenvalue weighted by atomic mass is 9.96. The number of benzene rings is 1. The fraction of sp³-hybridized carbons (Fsp3) is 0.533. The summed E-state index contributed by atoms with van der Waals surface area (Å²) in [6, 6.07) is 8.80. The predicted molar refractivity (Wildman–Crippen MR) is 85.7 cm³/mol. The molecule has 0 aromatic heterocycles. The van der Waals surface area contributed by atoms with Crippen molar-refractivity contribution in [1.29, 1.82) is 0 Å². The molecule has 1 aromatic carbocycles. The molecular formula is C15H20N2S2. The monoisotopic (exact) mass is 292 g/mol. The minimum Gasteiger partial charge on any atom is -0.393 e. The van der Waals surface area contributed by atoms with Crippen LogP contribution in [0.3, 0.4) is 0 Å². The van der Waals surface area contributed by atoms with E-state index in [9.17, 15) is 0 Å². The summed E-state index contributed by atoms with van der Waals surface area (Å²) < 4.78 is 0. The average molecular weight is 292 g/mol. The lowest BCUT2D eigenvalue weighted by Crippen LogP contribution is -2.40. The second-order valence-corrected chi connectivity index (χ2v) is 7.34. The summed E-state index contributed by atoms with van der Waals surface area (Å²) in [6.07, 6.45) is 3.50. The van der Waals surface area contributed by atoms with Gasteiger partial charge in [0, 0.05) is 22.6 Å². The number of thiocarbonyl (C=S) groups is 1. The maximum atomic E-state index is 5.74. The molecule has 4 heteroatoms. The van der Waals surface area contributed by atoms with Crippen molar-refractivity contribution in [2.45, 2.75) is 29.4 Å². The van der Waals surface area contributed by atoms with Crippen LogP contribution in [0.15, 0.2) is 29.2 Å². The molecule has 1 unspecified atom stereocenters. The SMILES string of the molecule is NC(=S)C1CCN(CC2Cc3ccccc3S2)CC1. The molecule has 1 aromatic rings. The standard InChI is InChI=1S/C15H20N2S2/c16-15(18)11-5-7-17(8-6-11)10-13-9-12-3-1-2-4-14(12)19-13/h1-4,11,13H,5-10H2,(H2,16,18). The Morgan fingerprint density at radius 3 is 2.74 bits per heavy atom. The van der Waals surface area contributed by atoms with Crippen LogP contribution >= 0.6 is 24.0 Å². The van der Waals surface area contributed by atoms with Crippen molar-refractivity contribution in [1.82, 2.24) is 4.90 Å². The first-order chi connectivity index (χ1) is 9.22. The molecule has 2 aliphatic heterocycles. The zero-order valence-electron chi connectivity index (χ0n) is 11.0. The van der Waals surface area contributed by atoms with E-state index in [0.717, 1.165) is 31.2 Å². The van der Waals surface area contributed by atoms with Gasteiger partial charge in [0.2, 0.25) is 0 Å². The first-order valence-electron chi connectivity index (χ1n) is 6.98. The molecule has 102 valence electrons. The molecule has 0 spiro atoms. The van der Waals surface area contributed by atoms with Crippen LogP contribution < -0.4 is 5.73 Å². The third-order valence-corrected chi connectivity index (χ3v) is 5.80. The molecule has 19 heavy (non-hydrogen) atoms. The number of fused-ring (bicyclic) bond motifs is 1. The third kappa shape index (κ3) is 3.12. The summed E-state index contributed by atoms with van der Waals surface area (Å²) in [4.78, 5) is 4.77. The summed E-state index contributed by atoms with van der Waals surface area (Å²) in [6.45, 7) is 3.49. The minimum atomic E-state index is 0.472. The fourth-order valence-corrected chi connectivity index (χ4v) is 4.65. The van der Waals surface area contributed by atoms with E-state index in [1.54, 1.807) is 0 Å². The molecule has 1 saturated heterocycles. The van der Waals surface area contributed by atoms with E-state index in [4.69, 9.17) is 18.0 Å². The van der Waals surface area contributed by atoms with E-state index in [1.807, 2.05) is 11.8 Å². The summed E-state index contributed by atoms with van der Waals surface area (Å²) in [5.41, 5.74) is 7.27. The first kappa shape index (κ1) is 13.4. The number of nitrogens with zero attached hydrogens (tertiary/aromatic N) is 1. The molecule has 1 fully saturated rings. The number of nitrogens with two attached hydrogens (primary N) is 1. The highest BCUT2D eigenvalue weighted by atomic mass is 32.2. The molecule has 2 nitrogen and oxygen atoms in total.